The first-order chi connectivity index (χ1) is 11.7. The van der Waals surface area contributed by atoms with Crippen LogP contribution in [0, 0.1) is 0 Å². The number of aromatic amines is 1. The third-order valence-electron chi connectivity index (χ3n) is 3.56. The van der Waals surface area contributed by atoms with Gasteiger partial charge in [0, 0.05) is 18.8 Å². The normalized spacial score (nSPS) is 10.4. The van der Waals surface area contributed by atoms with Gasteiger partial charge < -0.3 is 9.64 Å². The van der Waals surface area contributed by atoms with Gasteiger partial charge in [0.25, 0.3) is 5.91 Å². The molecule has 0 saturated heterocycles. The third kappa shape index (κ3) is 3.40. The maximum absolute atomic E-state index is 12.5. The van der Waals surface area contributed by atoms with Gasteiger partial charge in [0.2, 0.25) is 0 Å². The van der Waals surface area contributed by atoms with Crippen LogP contribution in [0.3, 0.4) is 0 Å². The SMILES string of the molecule is COc1cccc(-c2cc(C(=O)N(C)Cc3ccncn3)[nH]n2)c1. The first kappa shape index (κ1) is 15.7. The van der Waals surface area contributed by atoms with E-state index in [9.17, 15) is 4.79 Å². The number of benzene rings is 1. The Hall–Kier alpha value is -3.22. The number of carbonyl (C=O) groups is 1. The van der Waals surface area contributed by atoms with Crippen molar-refractivity contribution in [1.29, 1.82) is 0 Å². The van der Waals surface area contributed by atoms with Crippen LogP contribution in [0.5, 0.6) is 5.75 Å². The molecule has 3 aromatic rings. The summed E-state index contributed by atoms with van der Waals surface area (Å²) in [7, 11) is 3.33. The average Bonchev–Trinajstić information content (AvgIpc) is 3.12. The van der Waals surface area contributed by atoms with Gasteiger partial charge in [-0.1, -0.05) is 12.1 Å². The van der Waals surface area contributed by atoms with Crippen molar-refractivity contribution in [3.8, 4) is 17.0 Å². The molecule has 2 aromatic heterocycles. The van der Waals surface area contributed by atoms with Gasteiger partial charge in [-0.05, 0) is 24.3 Å². The van der Waals surface area contributed by atoms with Crippen molar-refractivity contribution in [3.63, 3.8) is 0 Å². The maximum Gasteiger partial charge on any atom is 0.271 e. The monoisotopic (exact) mass is 323 g/mol. The second kappa shape index (κ2) is 6.91. The molecule has 0 atom stereocenters. The zero-order valence-corrected chi connectivity index (χ0v) is 13.4. The van der Waals surface area contributed by atoms with Crippen LogP contribution in [0.2, 0.25) is 0 Å². The van der Waals surface area contributed by atoms with Crippen molar-refractivity contribution in [2.24, 2.45) is 0 Å². The summed E-state index contributed by atoms with van der Waals surface area (Å²) < 4.78 is 5.21. The summed E-state index contributed by atoms with van der Waals surface area (Å²) in [5.41, 5.74) is 2.76. The molecule has 0 aliphatic carbocycles. The van der Waals surface area contributed by atoms with Gasteiger partial charge in [0.05, 0.1) is 25.0 Å². The Balaban J connectivity index is 1.75. The number of aromatic nitrogens is 4. The third-order valence-corrected chi connectivity index (χ3v) is 3.56. The lowest BCUT2D eigenvalue weighted by atomic mass is 10.1. The highest BCUT2D eigenvalue weighted by molar-refractivity contribution is 5.93. The largest absolute Gasteiger partial charge is 0.497 e. The number of methoxy groups -OCH3 is 1. The number of carbonyl (C=O) groups excluding carboxylic acids is 1. The van der Waals surface area contributed by atoms with E-state index < -0.39 is 0 Å². The number of nitrogens with zero attached hydrogens (tertiary/aromatic N) is 4. The predicted molar refractivity (Wildman–Crippen MR) is 88.4 cm³/mol. The molecule has 0 bridgehead atoms. The Labute approximate surface area is 139 Å². The molecule has 2 heterocycles. The summed E-state index contributed by atoms with van der Waals surface area (Å²) in [4.78, 5) is 22.1. The summed E-state index contributed by atoms with van der Waals surface area (Å²) in [6.45, 7) is 0.398. The second-order valence-corrected chi connectivity index (χ2v) is 5.26. The van der Waals surface area contributed by atoms with E-state index in [0.717, 1.165) is 17.0 Å². The molecule has 24 heavy (non-hydrogen) atoms. The Morgan fingerprint density at radius 2 is 2.17 bits per heavy atom. The van der Waals surface area contributed by atoms with Crippen molar-refractivity contribution in [3.05, 3.63) is 60.3 Å². The minimum atomic E-state index is -0.157. The Bertz CT molecular complexity index is 832. The van der Waals surface area contributed by atoms with E-state index in [-0.39, 0.29) is 5.91 Å². The summed E-state index contributed by atoms with van der Waals surface area (Å²) in [6, 6.07) is 11.0. The van der Waals surface area contributed by atoms with Crippen molar-refractivity contribution >= 4 is 5.91 Å². The molecule has 1 N–H and O–H groups in total. The standard InChI is InChI=1S/C17H17N5O2/c1-22(10-13-6-7-18-11-19-13)17(23)16-9-15(20-21-16)12-4-3-5-14(8-12)24-2/h3-9,11H,10H2,1-2H3,(H,20,21). The van der Waals surface area contributed by atoms with Crippen molar-refractivity contribution in [2.45, 2.75) is 6.54 Å². The van der Waals surface area contributed by atoms with E-state index in [2.05, 4.69) is 20.2 Å². The lowest BCUT2D eigenvalue weighted by Gasteiger charge is -2.15. The zero-order chi connectivity index (χ0) is 16.9. The van der Waals surface area contributed by atoms with Crippen LogP contribution in [0.25, 0.3) is 11.3 Å². The average molecular weight is 323 g/mol. The van der Waals surface area contributed by atoms with Gasteiger partial charge in [0.15, 0.2) is 0 Å². The quantitative estimate of drug-likeness (QED) is 0.778. The first-order valence-corrected chi connectivity index (χ1v) is 7.37. The number of amides is 1. The highest BCUT2D eigenvalue weighted by Crippen LogP contribution is 2.22. The van der Waals surface area contributed by atoms with Gasteiger partial charge >= 0.3 is 0 Å². The van der Waals surface area contributed by atoms with E-state index in [1.165, 1.54) is 6.33 Å². The molecule has 0 spiro atoms. The fourth-order valence-electron chi connectivity index (χ4n) is 2.29. The van der Waals surface area contributed by atoms with Crippen molar-refractivity contribution in [1.82, 2.24) is 25.1 Å². The highest BCUT2D eigenvalue weighted by atomic mass is 16.5. The molecule has 7 heteroatoms. The molecule has 0 saturated carbocycles. The molecule has 7 nitrogen and oxygen atoms in total. The van der Waals surface area contributed by atoms with Gasteiger partial charge in [-0.25, -0.2) is 9.97 Å². The summed E-state index contributed by atoms with van der Waals surface area (Å²) in [6.07, 6.45) is 3.11. The van der Waals surface area contributed by atoms with Crippen LogP contribution >= 0.6 is 0 Å². The first-order valence-electron chi connectivity index (χ1n) is 7.37. The number of hydrogen-bond donors (Lipinski definition) is 1. The van der Waals surface area contributed by atoms with E-state index in [1.54, 1.807) is 37.4 Å². The van der Waals surface area contributed by atoms with Gasteiger partial charge in [-0.15, -0.1) is 0 Å². The number of nitrogens with one attached hydrogen (secondary N) is 1. The zero-order valence-electron chi connectivity index (χ0n) is 13.4. The molecular formula is C17H17N5O2. The molecule has 1 aromatic carbocycles. The van der Waals surface area contributed by atoms with E-state index >= 15 is 0 Å². The molecule has 3 rings (SSSR count). The smallest absolute Gasteiger partial charge is 0.271 e. The fraction of sp³-hybridized carbons (Fsp3) is 0.176. The van der Waals surface area contributed by atoms with Crippen LogP contribution in [0.1, 0.15) is 16.2 Å². The molecule has 0 unspecified atom stereocenters. The van der Waals surface area contributed by atoms with E-state index in [1.807, 2.05) is 24.3 Å². The van der Waals surface area contributed by atoms with Crippen molar-refractivity contribution < 1.29 is 9.53 Å². The van der Waals surface area contributed by atoms with E-state index in [0.29, 0.717) is 17.9 Å². The summed E-state index contributed by atoms with van der Waals surface area (Å²) >= 11 is 0. The molecule has 1 amide bonds. The topological polar surface area (TPSA) is 84.0 Å². The molecule has 0 aliphatic heterocycles. The number of ether oxygens (including phenoxy) is 1. The number of H-pyrrole nitrogens is 1. The van der Waals surface area contributed by atoms with Crippen LogP contribution in [0.15, 0.2) is 48.9 Å². The van der Waals surface area contributed by atoms with Gasteiger partial charge in [0.1, 0.15) is 17.8 Å². The Morgan fingerprint density at radius 3 is 2.92 bits per heavy atom. The fourth-order valence-corrected chi connectivity index (χ4v) is 2.29. The number of hydrogen-bond acceptors (Lipinski definition) is 5. The molecule has 0 aliphatic rings. The highest BCUT2D eigenvalue weighted by Gasteiger charge is 2.16. The van der Waals surface area contributed by atoms with Crippen molar-refractivity contribution in [2.75, 3.05) is 14.2 Å². The summed E-state index contributed by atoms with van der Waals surface area (Å²) in [5, 5.41) is 7.01. The number of rotatable bonds is 5. The van der Waals surface area contributed by atoms with Crippen LogP contribution in [-0.4, -0.2) is 45.1 Å². The van der Waals surface area contributed by atoms with Crippen LogP contribution < -0.4 is 4.74 Å². The second-order valence-electron chi connectivity index (χ2n) is 5.26. The van der Waals surface area contributed by atoms with E-state index in [4.69, 9.17) is 4.74 Å². The van der Waals surface area contributed by atoms with Gasteiger partial charge in [-0.2, -0.15) is 5.10 Å². The lowest BCUT2D eigenvalue weighted by molar-refractivity contribution is 0.0777. The van der Waals surface area contributed by atoms with Crippen LogP contribution in [-0.2, 0) is 6.54 Å². The Morgan fingerprint density at radius 1 is 1.29 bits per heavy atom. The lowest BCUT2D eigenvalue weighted by Crippen LogP contribution is -2.26. The molecule has 0 fully saturated rings. The van der Waals surface area contributed by atoms with Crippen LogP contribution in [0.4, 0.5) is 0 Å². The minimum Gasteiger partial charge on any atom is -0.497 e. The predicted octanol–water partition coefficient (Wildman–Crippen LogP) is 2.15. The maximum atomic E-state index is 12.5. The molecule has 0 radical (unpaired) electrons. The molecular weight excluding hydrogens is 306 g/mol. The van der Waals surface area contributed by atoms with Gasteiger partial charge in [-0.3, -0.25) is 9.89 Å². The molecule has 122 valence electrons. The Kier molecular flexibility index (Phi) is 4.51. The minimum absolute atomic E-state index is 0.157. The summed E-state index contributed by atoms with van der Waals surface area (Å²) in [5.74, 6) is 0.583.